The Labute approximate surface area is 197 Å². The molecule has 0 unspecified atom stereocenters. The van der Waals surface area contributed by atoms with Gasteiger partial charge in [-0.05, 0) is 19.8 Å². The fourth-order valence-corrected chi connectivity index (χ4v) is 3.85. The molecule has 0 saturated carbocycles. The Kier molecular flexibility index (Phi) is 25.2. The first-order chi connectivity index (χ1) is 15.7. The third kappa shape index (κ3) is 25.1. The van der Waals surface area contributed by atoms with E-state index in [1.54, 1.807) is 0 Å². The third-order valence-electron chi connectivity index (χ3n) is 5.74. The van der Waals surface area contributed by atoms with Gasteiger partial charge in [0.1, 0.15) is 0 Å². The number of aliphatic hydroxyl groups excluding tert-OH is 1. The normalized spacial score (nSPS) is 10.9. The second kappa shape index (κ2) is 26.1. The summed E-state index contributed by atoms with van der Waals surface area (Å²) >= 11 is 0. The van der Waals surface area contributed by atoms with Crippen LogP contribution in [-0.2, 0) is 14.3 Å². The van der Waals surface area contributed by atoms with E-state index in [2.05, 4.69) is 10.6 Å². The van der Waals surface area contributed by atoms with Crippen molar-refractivity contribution in [2.75, 3.05) is 32.9 Å². The minimum absolute atomic E-state index is 0.0259. The van der Waals surface area contributed by atoms with E-state index in [0.717, 1.165) is 25.8 Å². The molecule has 0 heterocycles. The van der Waals surface area contributed by atoms with Crippen molar-refractivity contribution in [3.05, 3.63) is 0 Å². The molecule has 0 radical (unpaired) electrons. The van der Waals surface area contributed by atoms with Crippen LogP contribution in [0.1, 0.15) is 122 Å². The zero-order valence-corrected chi connectivity index (χ0v) is 20.9. The molecule has 6 heteroatoms. The molecular weight excluding hydrogens is 404 g/mol. The first kappa shape index (κ1) is 30.9. The summed E-state index contributed by atoms with van der Waals surface area (Å²) in [7, 11) is 0. The van der Waals surface area contributed by atoms with Crippen LogP contribution in [0, 0.1) is 0 Å². The molecule has 0 saturated heterocycles. The Morgan fingerprint density at radius 2 is 0.969 bits per heavy atom. The van der Waals surface area contributed by atoms with Gasteiger partial charge in [-0.2, -0.15) is 0 Å². The Bertz CT molecular complexity index is 419. The van der Waals surface area contributed by atoms with Gasteiger partial charge in [0.15, 0.2) is 0 Å². The van der Waals surface area contributed by atoms with E-state index in [9.17, 15) is 9.59 Å². The van der Waals surface area contributed by atoms with Gasteiger partial charge < -0.3 is 20.5 Å². The molecule has 0 atom stereocenters. The lowest BCUT2D eigenvalue weighted by atomic mass is 10.0. The number of ether oxygens (including phenoxy) is 1. The molecule has 2 amide bonds. The van der Waals surface area contributed by atoms with Crippen LogP contribution in [0.3, 0.4) is 0 Å². The highest BCUT2D eigenvalue weighted by Gasteiger charge is 2.01. The maximum Gasteiger partial charge on any atom is 0.220 e. The lowest BCUT2D eigenvalue weighted by Crippen LogP contribution is -2.27. The van der Waals surface area contributed by atoms with Crippen molar-refractivity contribution < 1.29 is 19.4 Å². The van der Waals surface area contributed by atoms with Crippen LogP contribution in [0.15, 0.2) is 0 Å². The average Bonchev–Trinajstić information content (AvgIpc) is 2.78. The molecule has 0 aromatic rings. The molecule has 0 spiro atoms. The molecule has 0 bridgehead atoms. The number of rotatable bonds is 25. The molecule has 190 valence electrons. The largest absolute Gasteiger partial charge is 0.394 e. The van der Waals surface area contributed by atoms with Crippen molar-refractivity contribution in [1.29, 1.82) is 0 Å². The first-order valence-electron chi connectivity index (χ1n) is 13.4. The zero-order valence-electron chi connectivity index (χ0n) is 20.9. The number of hydrogen-bond acceptors (Lipinski definition) is 4. The van der Waals surface area contributed by atoms with Gasteiger partial charge in [-0.3, -0.25) is 9.59 Å². The van der Waals surface area contributed by atoms with E-state index in [4.69, 9.17) is 9.84 Å². The number of amides is 2. The molecule has 0 aromatic carbocycles. The quantitative estimate of drug-likeness (QED) is 0.163. The minimum atomic E-state index is 0.0259. The van der Waals surface area contributed by atoms with Crippen LogP contribution in [0.25, 0.3) is 0 Å². The van der Waals surface area contributed by atoms with E-state index in [0.29, 0.717) is 32.6 Å². The molecule has 32 heavy (non-hydrogen) atoms. The van der Waals surface area contributed by atoms with Gasteiger partial charge in [-0.25, -0.2) is 0 Å². The van der Waals surface area contributed by atoms with E-state index in [-0.39, 0.29) is 18.4 Å². The molecule has 0 aliphatic carbocycles. The van der Waals surface area contributed by atoms with Crippen LogP contribution in [0.2, 0.25) is 0 Å². The third-order valence-corrected chi connectivity index (χ3v) is 5.74. The van der Waals surface area contributed by atoms with Crippen molar-refractivity contribution in [1.82, 2.24) is 10.6 Å². The summed E-state index contributed by atoms with van der Waals surface area (Å²) in [4.78, 5) is 23.0. The smallest absolute Gasteiger partial charge is 0.220 e. The molecule has 0 aromatic heterocycles. The highest BCUT2D eigenvalue weighted by atomic mass is 16.5. The lowest BCUT2D eigenvalue weighted by Gasteiger charge is -2.06. The number of nitrogens with one attached hydrogen (secondary N) is 2. The van der Waals surface area contributed by atoms with E-state index < -0.39 is 0 Å². The highest BCUT2D eigenvalue weighted by Crippen LogP contribution is 2.14. The summed E-state index contributed by atoms with van der Waals surface area (Å²) in [5, 5.41) is 14.3. The fourth-order valence-electron chi connectivity index (χ4n) is 3.85. The van der Waals surface area contributed by atoms with Crippen molar-refractivity contribution >= 4 is 11.8 Å². The van der Waals surface area contributed by atoms with Crippen LogP contribution < -0.4 is 10.6 Å². The Morgan fingerprint density at radius 1 is 0.594 bits per heavy atom. The molecule has 0 fully saturated rings. The first-order valence-corrected chi connectivity index (χ1v) is 13.4. The van der Waals surface area contributed by atoms with Gasteiger partial charge in [0.25, 0.3) is 0 Å². The summed E-state index contributed by atoms with van der Waals surface area (Å²) in [5.41, 5.74) is 0. The predicted molar refractivity (Wildman–Crippen MR) is 133 cm³/mol. The maximum absolute atomic E-state index is 11.6. The van der Waals surface area contributed by atoms with Gasteiger partial charge in [0.2, 0.25) is 11.8 Å². The number of unbranched alkanes of at least 4 members (excludes halogenated alkanes) is 15. The molecular formula is C26H52N2O4. The van der Waals surface area contributed by atoms with Crippen LogP contribution in [-0.4, -0.2) is 49.8 Å². The van der Waals surface area contributed by atoms with E-state index in [1.807, 2.05) is 6.92 Å². The fraction of sp³-hybridized carbons (Fsp3) is 0.923. The molecule has 3 N–H and O–H groups in total. The summed E-state index contributed by atoms with van der Waals surface area (Å²) in [5.74, 6) is 0.305. The monoisotopic (exact) mass is 456 g/mol. The van der Waals surface area contributed by atoms with Gasteiger partial charge >= 0.3 is 0 Å². The number of hydrogen-bond donors (Lipinski definition) is 3. The Balaban J connectivity index is 3.13. The van der Waals surface area contributed by atoms with Gasteiger partial charge in [0, 0.05) is 25.9 Å². The Morgan fingerprint density at radius 3 is 1.34 bits per heavy atom. The second-order valence-electron chi connectivity index (χ2n) is 8.80. The molecule has 0 aliphatic heterocycles. The zero-order chi connectivity index (χ0) is 23.5. The minimum Gasteiger partial charge on any atom is -0.394 e. The summed E-state index contributed by atoms with van der Waals surface area (Å²) in [6.07, 6.45) is 21.6. The summed E-state index contributed by atoms with van der Waals surface area (Å²) in [6.45, 7) is 4.06. The van der Waals surface area contributed by atoms with Gasteiger partial charge in [-0.1, -0.05) is 89.9 Å². The Hall–Kier alpha value is -1.14. The van der Waals surface area contributed by atoms with Crippen molar-refractivity contribution in [3.63, 3.8) is 0 Å². The number of carbonyl (C=O) groups is 2. The number of carbonyl (C=O) groups excluding carboxylic acids is 2. The topological polar surface area (TPSA) is 87.7 Å². The van der Waals surface area contributed by atoms with Gasteiger partial charge in [0.05, 0.1) is 19.8 Å². The van der Waals surface area contributed by atoms with E-state index >= 15 is 0 Å². The highest BCUT2D eigenvalue weighted by molar-refractivity contribution is 5.76. The average molecular weight is 457 g/mol. The standard InChI is InChI=1S/C26H52N2O4/c1-2-27-25(30)19-17-15-13-11-9-7-5-3-4-6-8-10-12-14-16-18-20-26(31)28-21-23-32-24-22-29/h29H,2-24H2,1H3,(H,27,30)(H,28,31). The van der Waals surface area contributed by atoms with Crippen molar-refractivity contribution in [3.8, 4) is 0 Å². The van der Waals surface area contributed by atoms with Crippen molar-refractivity contribution in [2.45, 2.75) is 122 Å². The molecule has 0 rings (SSSR count). The molecule has 0 aliphatic rings. The number of aliphatic hydroxyl groups is 1. The van der Waals surface area contributed by atoms with E-state index in [1.165, 1.54) is 83.5 Å². The van der Waals surface area contributed by atoms with Gasteiger partial charge in [-0.15, -0.1) is 0 Å². The van der Waals surface area contributed by atoms with Crippen LogP contribution in [0.4, 0.5) is 0 Å². The summed E-state index contributed by atoms with van der Waals surface area (Å²) < 4.78 is 5.11. The molecule has 6 nitrogen and oxygen atoms in total. The van der Waals surface area contributed by atoms with Crippen LogP contribution >= 0.6 is 0 Å². The predicted octanol–water partition coefficient (Wildman–Crippen LogP) is 5.27. The van der Waals surface area contributed by atoms with Crippen LogP contribution in [0.5, 0.6) is 0 Å². The van der Waals surface area contributed by atoms with Crippen molar-refractivity contribution in [2.24, 2.45) is 0 Å². The summed E-state index contributed by atoms with van der Waals surface area (Å²) in [6, 6.07) is 0. The second-order valence-corrected chi connectivity index (χ2v) is 8.80. The SMILES string of the molecule is CCNC(=O)CCCCCCCCCCCCCCCCCCC(=O)NCCOCCO. The lowest BCUT2D eigenvalue weighted by molar-refractivity contribution is -0.122. The maximum atomic E-state index is 11.6.